The van der Waals surface area contributed by atoms with Crippen LogP contribution in [0.15, 0.2) is 48.8 Å². The minimum atomic E-state index is -0.592. The third kappa shape index (κ3) is 5.42. The largest absolute Gasteiger partial charge is 0.490 e. The van der Waals surface area contributed by atoms with Crippen LogP contribution in [0.25, 0.3) is 31.8 Å². The average molecular weight is 532 g/mol. The summed E-state index contributed by atoms with van der Waals surface area (Å²) in [7, 11) is 3.10. The minimum absolute atomic E-state index is 0.0812. The predicted octanol–water partition coefficient (Wildman–Crippen LogP) is 5.56. The number of hydrogen-bond donors (Lipinski definition) is 1. The van der Waals surface area contributed by atoms with E-state index in [1.807, 2.05) is 32.0 Å². The van der Waals surface area contributed by atoms with E-state index in [0.717, 1.165) is 42.9 Å². The van der Waals surface area contributed by atoms with E-state index in [-0.39, 0.29) is 13.2 Å². The van der Waals surface area contributed by atoms with Gasteiger partial charge in [0.15, 0.2) is 0 Å². The zero-order valence-electron chi connectivity index (χ0n) is 21.3. The number of methoxy groups -OCH3 is 2. The zero-order valence-corrected chi connectivity index (χ0v) is 22.1. The van der Waals surface area contributed by atoms with Crippen LogP contribution in [-0.4, -0.2) is 53.5 Å². The summed E-state index contributed by atoms with van der Waals surface area (Å²) < 4.78 is 22.3. The maximum absolute atomic E-state index is 12.0. The van der Waals surface area contributed by atoms with Gasteiger partial charge in [0.2, 0.25) is 11.8 Å². The van der Waals surface area contributed by atoms with Crippen LogP contribution >= 0.6 is 11.3 Å². The molecule has 0 fully saturated rings. The molecule has 0 unspecified atom stereocenters. The summed E-state index contributed by atoms with van der Waals surface area (Å²) in [6.07, 6.45) is 2.51. The molecule has 0 spiro atoms. The standard InChI is InChI=1S/C27H25N5O5S/c1-15-9-19(25-20(10-15)31-23(35-4)14-29-25)26-32-24-16(2)11-18(12-21(24)38-26)36-7-8-37-27(33)30-17-5-6-22(34-3)28-13-17/h5-6,9-14H,7-8H2,1-4H3,(H,30,33). The SMILES string of the molecule is COc1ccc(NC(=O)OCCOc2cc(C)c3nc(-c4cc(C)cc5nc(OC)cnc45)sc3c2)cn1. The van der Waals surface area contributed by atoms with E-state index in [2.05, 4.69) is 26.3 Å². The highest BCUT2D eigenvalue weighted by atomic mass is 32.1. The van der Waals surface area contributed by atoms with E-state index in [0.29, 0.717) is 23.2 Å². The zero-order chi connectivity index (χ0) is 26.6. The van der Waals surface area contributed by atoms with Gasteiger partial charge in [0.05, 0.1) is 53.6 Å². The first-order chi connectivity index (χ1) is 18.4. The second-order valence-electron chi connectivity index (χ2n) is 8.40. The highest BCUT2D eigenvalue weighted by Gasteiger charge is 2.15. The first-order valence-corrected chi connectivity index (χ1v) is 12.5. The lowest BCUT2D eigenvalue weighted by molar-refractivity contribution is 0.138. The summed E-state index contributed by atoms with van der Waals surface area (Å²) in [4.78, 5) is 30.1. The molecule has 194 valence electrons. The summed E-state index contributed by atoms with van der Waals surface area (Å²) in [6, 6.07) is 11.2. The number of pyridine rings is 1. The fraction of sp³-hybridized carbons (Fsp3) is 0.222. The van der Waals surface area contributed by atoms with Crippen molar-refractivity contribution in [1.82, 2.24) is 19.9 Å². The summed E-state index contributed by atoms with van der Waals surface area (Å²) in [6.45, 7) is 4.29. The molecule has 0 radical (unpaired) electrons. The number of nitrogens with zero attached hydrogens (tertiary/aromatic N) is 4. The van der Waals surface area contributed by atoms with Gasteiger partial charge < -0.3 is 18.9 Å². The molecule has 3 heterocycles. The number of rotatable bonds is 8. The van der Waals surface area contributed by atoms with Crippen LogP contribution in [0.3, 0.4) is 0 Å². The Kier molecular flexibility index (Phi) is 7.18. The number of benzene rings is 2. The number of carbonyl (C=O) groups excluding carboxylic acids is 1. The lowest BCUT2D eigenvalue weighted by Gasteiger charge is -2.09. The van der Waals surface area contributed by atoms with E-state index >= 15 is 0 Å². The number of aryl methyl sites for hydroxylation is 2. The Morgan fingerprint density at radius 3 is 2.53 bits per heavy atom. The number of amides is 1. The molecule has 5 rings (SSSR count). The molecule has 0 aliphatic rings. The maximum atomic E-state index is 12.0. The number of thiazole rings is 1. The van der Waals surface area contributed by atoms with E-state index in [1.54, 1.807) is 36.8 Å². The second-order valence-corrected chi connectivity index (χ2v) is 9.43. The molecule has 0 aliphatic heterocycles. The predicted molar refractivity (Wildman–Crippen MR) is 145 cm³/mol. The van der Waals surface area contributed by atoms with Crippen molar-refractivity contribution in [3.63, 3.8) is 0 Å². The Balaban J connectivity index is 1.27. The molecular weight excluding hydrogens is 506 g/mol. The van der Waals surface area contributed by atoms with Crippen LogP contribution in [0.4, 0.5) is 10.5 Å². The first-order valence-electron chi connectivity index (χ1n) is 11.7. The number of nitrogens with one attached hydrogen (secondary N) is 1. The summed E-state index contributed by atoms with van der Waals surface area (Å²) >= 11 is 1.56. The molecule has 1 amide bonds. The van der Waals surface area contributed by atoms with Gasteiger partial charge in [0.25, 0.3) is 0 Å². The lowest BCUT2D eigenvalue weighted by atomic mass is 10.1. The van der Waals surface area contributed by atoms with E-state index in [1.165, 1.54) is 13.3 Å². The average Bonchev–Trinajstić information content (AvgIpc) is 3.35. The van der Waals surface area contributed by atoms with Crippen LogP contribution in [0.1, 0.15) is 11.1 Å². The van der Waals surface area contributed by atoms with Crippen molar-refractivity contribution in [2.45, 2.75) is 13.8 Å². The van der Waals surface area contributed by atoms with Gasteiger partial charge in [0, 0.05) is 11.6 Å². The number of hydrogen-bond acceptors (Lipinski definition) is 10. The molecule has 0 bridgehead atoms. The quantitative estimate of drug-likeness (QED) is 0.257. The van der Waals surface area contributed by atoms with Crippen LogP contribution in [0.5, 0.6) is 17.5 Å². The van der Waals surface area contributed by atoms with Crippen molar-refractivity contribution < 1.29 is 23.7 Å². The van der Waals surface area contributed by atoms with Crippen molar-refractivity contribution in [2.24, 2.45) is 0 Å². The van der Waals surface area contributed by atoms with Gasteiger partial charge >= 0.3 is 6.09 Å². The summed E-state index contributed by atoms with van der Waals surface area (Å²) in [5.41, 5.74) is 5.89. The maximum Gasteiger partial charge on any atom is 0.411 e. The van der Waals surface area contributed by atoms with Gasteiger partial charge in [-0.1, -0.05) is 0 Å². The van der Waals surface area contributed by atoms with Crippen LogP contribution in [0.2, 0.25) is 0 Å². The fourth-order valence-corrected chi connectivity index (χ4v) is 4.98. The third-order valence-electron chi connectivity index (χ3n) is 5.64. The number of aromatic nitrogens is 4. The van der Waals surface area contributed by atoms with Gasteiger partial charge in [-0.15, -0.1) is 11.3 Å². The van der Waals surface area contributed by atoms with Crippen LogP contribution in [-0.2, 0) is 4.74 Å². The molecule has 0 atom stereocenters. The Labute approximate surface area is 222 Å². The highest BCUT2D eigenvalue weighted by Crippen LogP contribution is 2.37. The van der Waals surface area contributed by atoms with Gasteiger partial charge in [0.1, 0.15) is 24.0 Å². The third-order valence-corrected chi connectivity index (χ3v) is 6.68. The van der Waals surface area contributed by atoms with E-state index in [9.17, 15) is 4.79 Å². The Morgan fingerprint density at radius 2 is 1.76 bits per heavy atom. The van der Waals surface area contributed by atoms with Crippen molar-refractivity contribution in [2.75, 3.05) is 32.8 Å². The topological polar surface area (TPSA) is 118 Å². The number of anilines is 1. The van der Waals surface area contributed by atoms with Crippen LogP contribution < -0.4 is 19.5 Å². The van der Waals surface area contributed by atoms with Gasteiger partial charge in [-0.2, -0.15) is 0 Å². The molecule has 3 aromatic heterocycles. The van der Waals surface area contributed by atoms with Crippen molar-refractivity contribution >= 4 is 44.4 Å². The lowest BCUT2D eigenvalue weighted by Crippen LogP contribution is -2.17. The normalized spacial score (nSPS) is 10.9. The van der Waals surface area contributed by atoms with Gasteiger partial charge in [-0.05, 0) is 55.3 Å². The molecule has 0 saturated heterocycles. The fourth-order valence-electron chi connectivity index (χ4n) is 3.90. The van der Waals surface area contributed by atoms with Gasteiger partial charge in [-0.3, -0.25) is 5.32 Å². The Morgan fingerprint density at radius 1 is 0.921 bits per heavy atom. The molecule has 38 heavy (non-hydrogen) atoms. The molecular formula is C27H25N5O5S. The van der Waals surface area contributed by atoms with Crippen molar-refractivity contribution in [3.8, 4) is 28.1 Å². The summed E-state index contributed by atoms with van der Waals surface area (Å²) in [5.74, 6) is 1.60. The van der Waals surface area contributed by atoms with E-state index < -0.39 is 6.09 Å². The molecule has 1 N–H and O–H groups in total. The minimum Gasteiger partial charge on any atom is -0.490 e. The smallest absolute Gasteiger partial charge is 0.411 e. The van der Waals surface area contributed by atoms with Crippen LogP contribution in [0, 0.1) is 13.8 Å². The Hall–Kier alpha value is -4.51. The number of fused-ring (bicyclic) bond motifs is 2. The molecule has 0 saturated carbocycles. The molecule has 2 aromatic carbocycles. The molecule has 11 heteroatoms. The van der Waals surface area contributed by atoms with Crippen molar-refractivity contribution in [1.29, 1.82) is 0 Å². The highest BCUT2D eigenvalue weighted by molar-refractivity contribution is 7.21. The number of ether oxygens (including phenoxy) is 4. The molecule has 5 aromatic rings. The Bertz CT molecular complexity index is 1620. The first kappa shape index (κ1) is 25.2. The van der Waals surface area contributed by atoms with Crippen molar-refractivity contribution in [3.05, 3.63) is 59.9 Å². The van der Waals surface area contributed by atoms with Gasteiger partial charge in [-0.25, -0.2) is 24.7 Å². The van der Waals surface area contributed by atoms with E-state index in [4.69, 9.17) is 23.9 Å². The monoisotopic (exact) mass is 531 g/mol. The number of carbonyl (C=O) groups is 1. The molecule has 10 nitrogen and oxygen atoms in total. The second kappa shape index (κ2) is 10.9. The summed E-state index contributed by atoms with van der Waals surface area (Å²) in [5, 5.41) is 3.46. The molecule has 0 aliphatic carbocycles.